The number of hydrogen-bond donors (Lipinski definition) is 1. The van der Waals surface area contributed by atoms with E-state index in [0.717, 1.165) is 4.90 Å². The summed E-state index contributed by atoms with van der Waals surface area (Å²) in [6, 6.07) is 8.91. The van der Waals surface area contributed by atoms with E-state index in [-0.39, 0.29) is 27.0 Å². The van der Waals surface area contributed by atoms with Crippen LogP contribution in [0.1, 0.15) is 38.0 Å². The highest BCUT2D eigenvalue weighted by Gasteiger charge is 2.37. The van der Waals surface area contributed by atoms with Crippen molar-refractivity contribution in [2.24, 2.45) is 0 Å². The average molecular weight is 391 g/mol. The molecular formula is C18H12Cl2N2O4. The summed E-state index contributed by atoms with van der Waals surface area (Å²) in [5, 5.41) is 2.89. The van der Waals surface area contributed by atoms with Crippen LogP contribution in [0, 0.1) is 0 Å². The fraction of sp³-hybridized carbons (Fsp3) is 0.111. The third-order valence-electron chi connectivity index (χ3n) is 3.89. The molecule has 0 bridgehead atoms. The summed E-state index contributed by atoms with van der Waals surface area (Å²) >= 11 is 11.8. The van der Waals surface area contributed by atoms with Crippen molar-refractivity contribution in [2.45, 2.75) is 6.92 Å². The first-order valence-electron chi connectivity index (χ1n) is 7.54. The summed E-state index contributed by atoms with van der Waals surface area (Å²) in [4.78, 5) is 49.0. The molecule has 0 saturated heterocycles. The monoisotopic (exact) mass is 390 g/mol. The van der Waals surface area contributed by atoms with E-state index in [2.05, 4.69) is 5.32 Å². The number of nitrogens with one attached hydrogen (secondary N) is 1. The zero-order chi connectivity index (χ0) is 19.0. The second-order valence-corrected chi connectivity index (χ2v) is 6.50. The van der Waals surface area contributed by atoms with Gasteiger partial charge >= 0.3 is 0 Å². The molecule has 0 fully saturated rings. The Balaban J connectivity index is 1.73. The number of amides is 3. The largest absolute Gasteiger partial charge is 0.325 e. The van der Waals surface area contributed by atoms with Gasteiger partial charge in [-0.25, -0.2) is 0 Å². The lowest BCUT2D eigenvalue weighted by atomic mass is 10.1. The highest BCUT2D eigenvalue weighted by atomic mass is 35.5. The maximum absolute atomic E-state index is 12.4. The summed E-state index contributed by atoms with van der Waals surface area (Å²) in [6.07, 6.45) is 0. The normalized spacial score (nSPS) is 13.0. The van der Waals surface area contributed by atoms with Crippen molar-refractivity contribution in [3.05, 3.63) is 63.1 Å². The number of benzene rings is 2. The number of nitrogens with zero attached hydrogens (tertiary/aromatic N) is 1. The number of rotatable bonds is 4. The van der Waals surface area contributed by atoms with Crippen molar-refractivity contribution >= 4 is 52.4 Å². The Morgan fingerprint density at radius 1 is 0.962 bits per heavy atom. The number of carbonyl (C=O) groups is 4. The second-order valence-electron chi connectivity index (χ2n) is 5.69. The van der Waals surface area contributed by atoms with Gasteiger partial charge in [-0.1, -0.05) is 23.2 Å². The van der Waals surface area contributed by atoms with E-state index < -0.39 is 24.3 Å². The van der Waals surface area contributed by atoms with Crippen LogP contribution in [0.25, 0.3) is 0 Å². The first-order chi connectivity index (χ1) is 12.3. The number of ketones is 1. The van der Waals surface area contributed by atoms with Crippen LogP contribution >= 0.6 is 23.2 Å². The predicted molar refractivity (Wildman–Crippen MR) is 96.9 cm³/mol. The molecule has 26 heavy (non-hydrogen) atoms. The van der Waals surface area contributed by atoms with E-state index in [4.69, 9.17) is 23.2 Å². The summed E-state index contributed by atoms with van der Waals surface area (Å²) < 4.78 is 0. The highest BCUT2D eigenvalue weighted by Crippen LogP contribution is 2.31. The second kappa shape index (κ2) is 6.90. The van der Waals surface area contributed by atoms with Gasteiger partial charge in [0.1, 0.15) is 6.54 Å². The Labute approximate surface area is 158 Å². The van der Waals surface area contributed by atoms with Crippen molar-refractivity contribution in [1.29, 1.82) is 0 Å². The van der Waals surface area contributed by atoms with Gasteiger partial charge < -0.3 is 5.32 Å². The molecule has 6 nitrogen and oxygen atoms in total. The third-order valence-corrected chi connectivity index (χ3v) is 4.61. The number of carbonyl (C=O) groups excluding carboxylic acids is 4. The molecule has 1 N–H and O–H groups in total. The number of hydrogen-bond acceptors (Lipinski definition) is 4. The van der Waals surface area contributed by atoms with E-state index >= 15 is 0 Å². The minimum atomic E-state index is -0.606. The first-order valence-corrected chi connectivity index (χ1v) is 8.29. The fourth-order valence-electron chi connectivity index (χ4n) is 2.56. The van der Waals surface area contributed by atoms with Crippen molar-refractivity contribution in [1.82, 2.24) is 4.90 Å². The fourth-order valence-corrected chi connectivity index (χ4v) is 2.89. The smallest absolute Gasteiger partial charge is 0.262 e. The van der Waals surface area contributed by atoms with E-state index in [1.54, 1.807) is 24.3 Å². The molecule has 3 amide bonds. The maximum atomic E-state index is 12.4. The Morgan fingerprint density at radius 3 is 1.92 bits per heavy atom. The van der Waals surface area contributed by atoms with Gasteiger partial charge in [-0.2, -0.15) is 0 Å². The molecule has 0 aromatic heterocycles. The van der Waals surface area contributed by atoms with Gasteiger partial charge in [-0.15, -0.1) is 0 Å². The van der Waals surface area contributed by atoms with Crippen molar-refractivity contribution in [3.8, 4) is 0 Å². The van der Waals surface area contributed by atoms with Crippen LogP contribution in [0.15, 0.2) is 36.4 Å². The SMILES string of the molecule is CC(=O)c1ccc(NC(=O)CN2C(=O)c3cc(Cl)c(Cl)cc3C2=O)cc1. The van der Waals surface area contributed by atoms with Crippen LogP contribution in [0.3, 0.4) is 0 Å². The number of anilines is 1. The molecule has 0 spiro atoms. The lowest BCUT2D eigenvalue weighted by Gasteiger charge is -2.13. The van der Waals surface area contributed by atoms with Gasteiger partial charge in [0.2, 0.25) is 5.91 Å². The van der Waals surface area contributed by atoms with Gasteiger partial charge in [0.05, 0.1) is 21.2 Å². The summed E-state index contributed by atoms with van der Waals surface area (Å²) in [7, 11) is 0. The molecule has 1 heterocycles. The molecule has 0 aliphatic carbocycles. The number of fused-ring (bicyclic) bond motifs is 1. The van der Waals surface area contributed by atoms with Gasteiger partial charge in [0, 0.05) is 11.3 Å². The quantitative estimate of drug-likeness (QED) is 0.640. The molecule has 1 aliphatic heterocycles. The predicted octanol–water partition coefficient (Wildman–Crippen LogP) is 3.43. The van der Waals surface area contributed by atoms with Gasteiger partial charge in [0.25, 0.3) is 11.8 Å². The minimum Gasteiger partial charge on any atom is -0.325 e. The molecule has 2 aromatic carbocycles. The van der Waals surface area contributed by atoms with Crippen LogP contribution in [-0.4, -0.2) is 34.9 Å². The number of Topliss-reactive ketones (excluding diaryl/α,β-unsaturated/α-hetero) is 1. The van der Waals surface area contributed by atoms with Crippen molar-refractivity contribution in [3.63, 3.8) is 0 Å². The molecule has 1 aliphatic rings. The zero-order valence-corrected chi connectivity index (χ0v) is 15.0. The van der Waals surface area contributed by atoms with E-state index in [9.17, 15) is 19.2 Å². The van der Waals surface area contributed by atoms with Gasteiger partial charge in [-0.05, 0) is 43.3 Å². The lowest BCUT2D eigenvalue weighted by Crippen LogP contribution is -2.37. The molecule has 2 aromatic rings. The minimum absolute atomic E-state index is 0.0915. The first kappa shape index (κ1) is 18.1. The molecule has 0 saturated carbocycles. The Hall–Kier alpha value is -2.70. The zero-order valence-electron chi connectivity index (χ0n) is 13.5. The molecule has 0 radical (unpaired) electrons. The average Bonchev–Trinajstić information content (AvgIpc) is 2.80. The standard InChI is InChI=1S/C18H12Cl2N2O4/c1-9(23)10-2-4-11(5-3-10)21-16(24)8-22-17(25)12-6-14(19)15(20)7-13(12)18(22)26/h2-7H,8H2,1H3,(H,21,24). The summed E-state index contributed by atoms with van der Waals surface area (Å²) in [5.74, 6) is -1.85. The highest BCUT2D eigenvalue weighted by molar-refractivity contribution is 6.43. The van der Waals surface area contributed by atoms with Crippen molar-refractivity contribution < 1.29 is 19.2 Å². The molecule has 3 rings (SSSR count). The Morgan fingerprint density at radius 2 is 1.46 bits per heavy atom. The van der Waals surface area contributed by atoms with Crippen LogP contribution in [0.4, 0.5) is 5.69 Å². The van der Waals surface area contributed by atoms with Gasteiger partial charge in [0.15, 0.2) is 5.78 Å². The molecule has 0 atom stereocenters. The molecule has 0 unspecified atom stereocenters. The van der Waals surface area contributed by atoms with Crippen LogP contribution in [0.5, 0.6) is 0 Å². The molecule has 8 heteroatoms. The van der Waals surface area contributed by atoms with Gasteiger partial charge in [-0.3, -0.25) is 24.1 Å². The Bertz CT molecular complexity index is 913. The van der Waals surface area contributed by atoms with E-state index in [1.165, 1.54) is 19.1 Å². The van der Waals surface area contributed by atoms with Crippen LogP contribution in [-0.2, 0) is 4.79 Å². The summed E-state index contributed by atoms with van der Waals surface area (Å²) in [5.41, 5.74) is 1.19. The topological polar surface area (TPSA) is 83.6 Å². The van der Waals surface area contributed by atoms with Crippen LogP contribution in [0.2, 0.25) is 10.0 Å². The third kappa shape index (κ3) is 3.34. The molecular weight excluding hydrogens is 379 g/mol. The lowest BCUT2D eigenvalue weighted by molar-refractivity contribution is -0.116. The Kier molecular flexibility index (Phi) is 4.80. The maximum Gasteiger partial charge on any atom is 0.262 e. The van der Waals surface area contributed by atoms with Crippen LogP contribution < -0.4 is 5.32 Å². The van der Waals surface area contributed by atoms with E-state index in [0.29, 0.717) is 11.3 Å². The van der Waals surface area contributed by atoms with Crippen molar-refractivity contribution in [2.75, 3.05) is 11.9 Å². The molecule has 132 valence electrons. The summed E-state index contributed by atoms with van der Waals surface area (Å²) in [6.45, 7) is 0.990. The number of imide groups is 1. The van der Waals surface area contributed by atoms with E-state index in [1.807, 2.05) is 0 Å². The number of halogens is 2.